The highest BCUT2D eigenvalue weighted by molar-refractivity contribution is 7.89. The number of sulfonamides is 1. The molecule has 0 radical (unpaired) electrons. The van der Waals surface area contributed by atoms with E-state index in [1.807, 2.05) is 0 Å². The van der Waals surface area contributed by atoms with Gasteiger partial charge in [0.2, 0.25) is 0 Å². The van der Waals surface area contributed by atoms with Crippen LogP contribution in [0.25, 0.3) is 0 Å². The van der Waals surface area contributed by atoms with E-state index in [-0.39, 0.29) is 4.90 Å². The van der Waals surface area contributed by atoms with Gasteiger partial charge in [0.25, 0.3) is 10.0 Å². The summed E-state index contributed by atoms with van der Waals surface area (Å²) in [7, 11) is -4.05. The molecule has 98 valence electrons. The number of halogens is 1. The third-order valence-corrected chi connectivity index (χ3v) is 3.13. The topological polar surface area (TPSA) is 110 Å². The molecule has 0 atom stereocenters. The molecule has 0 unspecified atom stereocenters. The Balaban J connectivity index is 2.68. The van der Waals surface area contributed by atoms with Crippen LogP contribution < -0.4 is 4.89 Å². The predicted octanol–water partition coefficient (Wildman–Crippen LogP) is 0.551. The Morgan fingerprint density at radius 1 is 1.28 bits per heavy atom. The molecule has 0 saturated heterocycles. The normalized spacial score (nSPS) is 10.9. The van der Waals surface area contributed by atoms with Crippen molar-refractivity contribution in [1.29, 1.82) is 0 Å². The number of nitrogens with one attached hydrogen (secondary N) is 1. The maximum absolute atomic E-state index is 11.6. The van der Waals surface area contributed by atoms with Crippen LogP contribution in [0.4, 0.5) is 0 Å². The summed E-state index contributed by atoms with van der Waals surface area (Å²) >= 11 is 5.58. The van der Waals surface area contributed by atoms with Gasteiger partial charge in [-0.25, -0.2) is 13.2 Å². The van der Waals surface area contributed by atoms with Crippen LogP contribution in [0.1, 0.15) is 6.42 Å². The zero-order chi connectivity index (χ0) is 13.8. The van der Waals surface area contributed by atoms with E-state index in [2.05, 4.69) is 4.84 Å². The van der Waals surface area contributed by atoms with E-state index in [0.29, 0.717) is 5.02 Å². The molecular weight excluding hydrogens is 286 g/mol. The fourth-order valence-electron chi connectivity index (χ4n) is 0.923. The highest BCUT2D eigenvalue weighted by atomic mass is 35.5. The zero-order valence-corrected chi connectivity index (χ0v) is 10.4. The summed E-state index contributed by atoms with van der Waals surface area (Å²) in [6.07, 6.45) is -0.941. The number of carboxylic acid groups (broad SMARTS) is 1. The average Bonchev–Trinajstić information content (AvgIpc) is 2.26. The van der Waals surface area contributed by atoms with Crippen molar-refractivity contribution < 1.29 is 28.0 Å². The van der Waals surface area contributed by atoms with Crippen molar-refractivity contribution in [1.82, 2.24) is 4.89 Å². The molecular formula is C9H8ClNO6S. The molecule has 18 heavy (non-hydrogen) atoms. The van der Waals surface area contributed by atoms with Crippen LogP contribution >= 0.6 is 11.6 Å². The molecule has 2 N–H and O–H groups in total. The van der Waals surface area contributed by atoms with Gasteiger partial charge in [-0.05, 0) is 29.2 Å². The number of carboxylic acids is 1. The maximum Gasteiger partial charge on any atom is 0.337 e. The minimum Gasteiger partial charge on any atom is -0.481 e. The van der Waals surface area contributed by atoms with Crippen molar-refractivity contribution >= 4 is 33.6 Å². The van der Waals surface area contributed by atoms with Gasteiger partial charge in [0.05, 0.1) is 4.90 Å². The van der Waals surface area contributed by atoms with Gasteiger partial charge < -0.3 is 9.94 Å². The number of hydrogen-bond acceptors (Lipinski definition) is 5. The smallest absolute Gasteiger partial charge is 0.337 e. The molecule has 1 aromatic carbocycles. The molecule has 0 bridgehead atoms. The van der Waals surface area contributed by atoms with Crippen molar-refractivity contribution in [2.24, 2.45) is 0 Å². The number of aliphatic carboxylic acids is 1. The molecule has 0 amide bonds. The molecule has 1 rings (SSSR count). The molecule has 0 aliphatic rings. The van der Waals surface area contributed by atoms with E-state index in [1.165, 1.54) is 29.2 Å². The lowest BCUT2D eigenvalue weighted by molar-refractivity contribution is -0.153. The van der Waals surface area contributed by atoms with Gasteiger partial charge in [0.15, 0.2) is 0 Å². The molecule has 9 heteroatoms. The third kappa shape index (κ3) is 4.32. The van der Waals surface area contributed by atoms with Gasteiger partial charge in [-0.3, -0.25) is 4.79 Å². The summed E-state index contributed by atoms with van der Waals surface area (Å²) in [6.45, 7) is 0. The average molecular weight is 294 g/mol. The first-order valence-corrected chi connectivity index (χ1v) is 6.36. The van der Waals surface area contributed by atoms with Crippen LogP contribution in [0, 0.1) is 0 Å². The molecule has 1 aromatic rings. The standard InChI is InChI=1S/C9H8ClNO6S/c10-6-1-3-7(4-2-6)18(15,16)11-17-9(14)5-8(12)13/h1-4,11H,5H2,(H,12,13). The van der Waals surface area contributed by atoms with Crippen molar-refractivity contribution in [3.8, 4) is 0 Å². The van der Waals surface area contributed by atoms with E-state index in [1.54, 1.807) is 0 Å². The summed E-state index contributed by atoms with van der Waals surface area (Å²) in [6, 6.07) is 5.09. The number of carbonyl (C=O) groups is 2. The Labute approximate surface area is 107 Å². The molecule has 7 nitrogen and oxygen atoms in total. The van der Waals surface area contributed by atoms with Crippen LogP contribution in [0.15, 0.2) is 29.2 Å². The van der Waals surface area contributed by atoms with Crippen LogP contribution in [0.5, 0.6) is 0 Å². The monoisotopic (exact) mass is 293 g/mol. The summed E-state index contributed by atoms with van der Waals surface area (Å²) in [4.78, 5) is 26.4. The third-order valence-electron chi connectivity index (χ3n) is 1.68. The minimum atomic E-state index is -4.05. The number of rotatable bonds is 5. The molecule has 0 aromatic heterocycles. The predicted molar refractivity (Wildman–Crippen MR) is 60.1 cm³/mol. The van der Waals surface area contributed by atoms with Gasteiger partial charge in [-0.1, -0.05) is 11.6 Å². The summed E-state index contributed by atoms with van der Waals surface area (Å²) in [5, 5.41) is 8.61. The first-order valence-electron chi connectivity index (χ1n) is 4.50. The fourth-order valence-corrected chi connectivity index (χ4v) is 1.84. The Hall–Kier alpha value is -1.64. The van der Waals surface area contributed by atoms with Gasteiger partial charge in [-0.2, -0.15) is 0 Å². The highest BCUT2D eigenvalue weighted by Crippen LogP contribution is 2.13. The summed E-state index contributed by atoms with van der Waals surface area (Å²) < 4.78 is 23.1. The van der Waals surface area contributed by atoms with E-state index in [4.69, 9.17) is 16.7 Å². The van der Waals surface area contributed by atoms with Crippen molar-refractivity contribution in [2.75, 3.05) is 0 Å². The summed E-state index contributed by atoms with van der Waals surface area (Å²) in [5.74, 6) is -2.65. The summed E-state index contributed by atoms with van der Waals surface area (Å²) in [5.41, 5.74) is 0. The van der Waals surface area contributed by atoms with Crippen LogP contribution in [0.2, 0.25) is 5.02 Å². The van der Waals surface area contributed by atoms with Crippen molar-refractivity contribution in [3.63, 3.8) is 0 Å². The Kier molecular flexibility index (Phi) is 4.65. The molecule has 0 aliphatic heterocycles. The van der Waals surface area contributed by atoms with Gasteiger partial charge in [0, 0.05) is 5.02 Å². The lowest BCUT2D eigenvalue weighted by atomic mass is 10.4. The van der Waals surface area contributed by atoms with E-state index in [9.17, 15) is 18.0 Å². The number of carbonyl (C=O) groups excluding carboxylic acids is 1. The molecule has 0 fully saturated rings. The SMILES string of the molecule is O=C(O)CC(=O)ONS(=O)(=O)c1ccc(Cl)cc1. The largest absolute Gasteiger partial charge is 0.481 e. The van der Waals surface area contributed by atoms with E-state index in [0.717, 1.165) is 0 Å². The second-order valence-electron chi connectivity index (χ2n) is 3.09. The molecule has 0 heterocycles. The fraction of sp³-hybridized carbons (Fsp3) is 0.111. The van der Waals surface area contributed by atoms with Crippen LogP contribution in [-0.2, 0) is 24.4 Å². The zero-order valence-electron chi connectivity index (χ0n) is 8.79. The van der Waals surface area contributed by atoms with Gasteiger partial charge in [-0.15, -0.1) is 0 Å². The van der Waals surface area contributed by atoms with Gasteiger partial charge >= 0.3 is 11.9 Å². The van der Waals surface area contributed by atoms with Gasteiger partial charge in [0.1, 0.15) is 6.42 Å². The lowest BCUT2D eigenvalue weighted by Gasteiger charge is -2.06. The molecule has 0 saturated carbocycles. The number of hydrogen-bond donors (Lipinski definition) is 2. The van der Waals surface area contributed by atoms with Crippen LogP contribution in [-0.4, -0.2) is 25.5 Å². The van der Waals surface area contributed by atoms with Crippen molar-refractivity contribution in [2.45, 2.75) is 11.3 Å². The van der Waals surface area contributed by atoms with Crippen LogP contribution in [0.3, 0.4) is 0 Å². The Morgan fingerprint density at radius 2 is 1.83 bits per heavy atom. The molecule has 0 spiro atoms. The second kappa shape index (κ2) is 5.80. The first kappa shape index (κ1) is 14.4. The number of benzene rings is 1. The van der Waals surface area contributed by atoms with E-state index >= 15 is 0 Å². The Bertz CT molecular complexity index is 553. The lowest BCUT2D eigenvalue weighted by Crippen LogP contribution is -2.28. The molecule has 0 aliphatic carbocycles. The Morgan fingerprint density at radius 3 is 2.33 bits per heavy atom. The quantitative estimate of drug-likeness (QED) is 0.606. The highest BCUT2D eigenvalue weighted by Gasteiger charge is 2.17. The van der Waals surface area contributed by atoms with Crippen molar-refractivity contribution in [3.05, 3.63) is 29.3 Å². The second-order valence-corrected chi connectivity index (χ2v) is 5.17. The first-order chi connectivity index (χ1) is 8.31. The van der Waals surface area contributed by atoms with E-state index < -0.39 is 28.4 Å². The minimum absolute atomic E-state index is 0.171. The maximum atomic E-state index is 11.6.